The number of fused-ring (bicyclic) bond motifs is 2. The summed E-state index contributed by atoms with van der Waals surface area (Å²) in [5, 5.41) is 6.51. The van der Waals surface area contributed by atoms with Crippen LogP contribution >= 0.6 is 0 Å². The van der Waals surface area contributed by atoms with Crippen molar-refractivity contribution in [1.29, 1.82) is 0 Å². The number of hydrazone groups is 1. The van der Waals surface area contributed by atoms with Gasteiger partial charge in [-0.05, 0) is 41.5 Å². The normalized spacial score (nSPS) is 16.3. The maximum absolute atomic E-state index is 12.3. The summed E-state index contributed by atoms with van der Waals surface area (Å²) in [6, 6.07) is 21.5. The van der Waals surface area contributed by atoms with Crippen LogP contribution in [0.1, 0.15) is 12.5 Å². The molecule has 3 aromatic carbocycles. The number of para-hydroxylation sites is 2. The second-order valence-electron chi connectivity index (χ2n) is 6.10. The molecule has 5 nitrogen and oxygen atoms in total. The molecule has 0 aliphatic carbocycles. The van der Waals surface area contributed by atoms with Crippen LogP contribution in [0.2, 0.25) is 0 Å². The first-order chi connectivity index (χ1) is 12.7. The van der Waals surface area contributed by atoms with Gasteiger partial charge in [0.1, 0.15) is 6.61 Å². The lowest BCUT2D eigenvalue weighted by Gasteiger charge is -2.24. The van der Waals surface area contributed by atoms with E-state index in [-0.39, 0.29) is 12.5 Å². The van der Waals surface area contributed by atoms with Crippen molar-refractivity contribution in [2.75, 3.05) is 6.61 Å². The number of nitrogens with zero attached hydrogens (tertiary/aromatic N) is 1. The Bertz CT molecular complexity index is 997. The van der Waals surface area contributed by atoms with Crippen LogP contribution in [0.4, 0.5) is 0 Å². The number of ether oxygens (including phenoxy) is 2. The molecule has 1 atom stereocenters. The Balaban J connectivity index is 1.45. The van der Waals surface area contributed by atoms with Crippen molar-refractivity contribution >= 4 is 22.4 Å². The molecule has 1 aliphatic rings. The van der Waals surface area contributed by atoms with E-state index >= 15 is 0 Å². The zero-order valence-corrected chi connectivity index (χ0v) is 14.3. The summed E-state index contributed by atoms with van der Waals surface area (Å²) >= 11 is 0. The third-order valence-corrected chi connectivity index (χ3v) is 4.30. The Kier molecular flexibility index (Phi) is 4.27. The van der Waals surface area contributed by atoms with Crippen molar-refractivity contribution in [2.45, 2.75) is 13.0 Å². The maximum atomic E-state index is 12.3. The van der Waals surface area contributed by atoms with Gasteiger partial charge in [0.25, 0.3) is 5.91 Å². The third kappa shape index (κ3) is 3.24. The molecular weight excluding hydrogens is 328 g/mol. The number of rotatable bonds is 3. The zero-order chi connectivity index (χ0) is 17.9. The first-order valence-electron chi connectivity index (χ1n) is 8.42. The largest absolute Gasteiger partial charge is 0.485 e. The SMILES string of the molecule is C/C(=N/NC(=O)C1COc2ccccc2O1)c1ccc2ccccc2c1. The molecule has 0 spiro atoms. The monoisotopic (exact) mass is 346 g/mol. The number of hydrogen-bond acceptors (Lipinski definition) is 4. The molecule has 0 aromatic heterocycles. The average Bonchev–Trinajstić information content (AvgIpc) is 2.71. The van der Waals surface area contributed by atoms with E-state index in [4.69, 9.17) is 9.47 Å². The van der Waals surface area contributed by atoms with Gasteiger partial charge in [0.05, 0.1) is 5.71 Å². The highest BCUT2D eigenvalue weighted by Crippen LogP contribution is 2.30. The Morgan fingerprint density at radius 2 is 1.73 bits per heavy atom. The standard InChI is InChI=1S/C21H18N2O3/c1-14(16-11-10-15-6-2-3-7-17(15)12-16)22-23-21(24)20-13-25-18-8-4-5-9-19(18)26-20/h2-12,20H,13H2,1H3,(H,23,24)/b22-14-. The van der Waals surface area contributed by atoms with Crippen molar-refractivity contribution in [3.8, 4) is 11.5 Å². The lowest BCUT2D eigenvalue weighted by atomic mass is 10.0. The van der Waals surface area contributed by atoms with Crippen molar-refractivity contribution in [3.05, 3.63) is 72.3 Å². The molecule has 0 fully saturated rings. The average molecular weight is 346 g/mol. The fourth-order valence-corrected chi connectivity index (χ4v) is 2.84. The lowest BCUT2D eigenvalue weighted by Crippen LogP contribution is -2.42. The summed E-state index contributed by atoms with van der Waals surface area (Å²) in [4.78, 5) is 12.3. The van der Waals surface area contributed by atoms with Gasteiger partial charge in [-0.1, -0.05) is 48.5 Å². The number of amides is 1. The molecule has 1 heterocycles. The summed E-state index contributed by atoms with van der Waals surface area (Å²) in [7, 11) is 0. The van der Waals surface area contributed by atoms with E-state index < -0.39 is 6.10 Å². The van der Waals surface area contributed by atoms with E-state index in [1.807, 2.05) is 49.4 Å². The van der Waals surface area contributed by atoms with Gasteiger partial charge in [-0.2, -0.15) is 5.10 Å². The van der Waals surface area contributed by atoms with Gasteiger partial charge in [-0.15, -0.1) is 0 Å². The molecule has 5 heteroatoms. The van der Waals surface area contributed by atoms with Gasteiger partial charge in [0.2, 0.25) is 6.10 Å². The first-order valence-corrected chi connectivity index (χ1v) is 8.42. The Morgan fingerprint density at radius 1 is 1.00 bits per heavy atom. The molecule has 130 valence electrons. The Morgan fingerprint density at radius 3 is 2.58 bits per heavy atom. The van der Waals surface area contributed by atoms with Gasteiger partial charge in [0, 0.05) is 0 Å². The van der Waals surface area contributed by atoms with Crippen LogP contribution in [0, 0.1) is 0 Å². The van der Waals surface area contributed by atoms with E-state index in [1.54, 1.807) is 6.07 Å². The molecule has 0 saturated heterocycles. The summed E-state index contributed by atoms with van der Waals surface area (Å²) < 4.78 is 11.2. The van der Waals surface area contributed by atoms with Gasteiger partial charge in [-0.3, -0.25) is 4.79 Å². The molecule has 3 aromatic rings. The molecule has 1 N–H and O–H groups in total. The van der Waals surface area contributed by atoms with E-state index in [1.165, 1.54) is 5.39 Å². The number of benzene rings is 3. The maximum Gasteiger partial charge on any atom is 0.284 e. The van der Waals surface area contributed by atoms with E-state index in [0.717, 1.165) is 16.7 Å². The van der Waals surface area contributed by atoms with Crippen LogP contribution in [-0.4, -0.2) is 24.3 Å². The highest BCUT2D eigenvalue weighted by atomic mass is 16.6. The number of carbonyl (C=O) groups is 1. The van der Waals surface area contributed by atoms with Crippen molar-refractivity contribution in [2.24, 2.45) is 5.10 Å². The molecule has 0 radical (unpaired) electrons. The summed E-state index contributed by atoms with van der Waals surface area (Å²) in [6.07, 6.45) is -0.724. The summed E-state index contributed by atoms with van der Waals surface area (Å²) in [6.45, 7) is 2.02. The van der Waals surface area contributed by atoms with Crippen molar-refractivity contribution in [3.63, 3.8) is 0 Å². The molecule has 26 heavy (non-hydrogen) atoms. The summed E-state index contributed by atoms with van der Waals surface area (Å²) in [5.74, 6) is 0.876. The van der Waals surface area contributed by atoms with Gasteiger partial charge in [0.15, 0.2) is 11.5 Å². The van der Waals surface area contributed by atoms with Gasteiger partial charge >= 0.3 is 0 Å². The lowest BCUT2D eigenvalue weighted by molar-refractivity contribution is -0.130. The molecule has 4 rings (SSSR count). The van der Waals surface area contributed by atoms with Crippen LogP contribution in [0.25, 0.3) is 10.8 Å². The minimum absolute atomic E-state index is 0.160. The van der Waals surface area contributed by atoms with E-state index in [0.29, 0.717) is 11.5 Å². The quantitative estimate of drug-likeness (QED) is 0.583. The summed E-state index contributed by atoms with van der Waals surface area (Å²) in [5.41, 5.74) is 4.25. The molecule has 1 unspecified atom stereocenters. The Labute approximate surface area is 151 Å². The highest BCUT2D eigenvalue weighted by molar-refractivity contribution is 6.02. The van der Waals surface area contributed by atoms with E-state index in [2.05, 4.69) is 28.7 Å². The third-order valence-electron chi connectivity index (χ3n) is 4.30. The number of hydrogen-bond donors (Lipinski definition) is 1. The fourth-order valence-electron chi connectivity index (χ4n) is 2.84. The van der Waals surface area contributed by atoms with Gasteiger partial charge in [-0.25, -0.2) is 5.43 Å². The molecule has 1 amide bonds. The predicted octanol–water partition coefficient (Wildman–Crippen LogP) is 3.52. The van der Waals surface area contributed by atoms with Crippen LogP contribution in [0.15, 0.2) is 71.8 Å². The van der Waals surface area contributed by atoms with Gasteiger partial charge < -0.3 is 9.47 Å². The topological polar surface area (TPSA) is 59.9 Å². The molecular formula is C21H18N2O3. The molecule has 0 saturated carbocycles. The van der Waals surface area contributed by atoms with Crippen molar-refractivity contribution < 1.29 is 14.3 Å². The Hall–Kier alpha value is -3.34. The number of carbonyl (C=O) groups excluding carboxylic acids is 1. The van der Waals surface area contributed by atoms with Crippen LogP contribution in [-0.2, 0) is 4.79 Å². The molecule has 1 aliphatic heterocycles. The minimum Gasteiger partial charge on any atom is -0.485 e. The van der Waals surface area contributed by atoms with Crippen LogP contribution < -0.4 is 14.9 Å². The zero-order valence-electron chi connectivity index (χ0n) is 14.3. The highest BCUT2D eigenvalue weighted by Gasteiger charge is 2.27. The van der Waals surface area contributed by atoms with Crippen molar-refractivity contribution in [1.82, 2.24) is 5.43 Å². The van der Waals surface area contributed by atoms with E-state index in [9.17, 15) is 4.79 Å². The second kappa shape index (κ2) is 6.88. The second-order valence-corrected chi connectivity index (χ2v) is 6.10. The number of nitrogens with one attached hydrogen (secondary N) is 1. The van der Waals surface area contributed by atoms with Crippen LogP contribution in [0.5, 0.6) is 11.5 Å². The predicted molar refractivity (Wildman–Crippen MR) is 101 cm³/mol. The van der Waals surface area contributed by atoms with Crippen LogP contribution in [0.3, 0.4) is 0 Å². The smallest absolute Gasteiger partial charge is 0.284 e. The molecule has 0 bridgehead atoms. The fraction of sp³-hybridized carbons (Fsp3) is 0.143. The minimum atomic E-state index is -0.724. The first kappa shape index (κ1) is 16.1.